The highest BCUT2D eigenvalue weighted by Crippen LogP contribution is 2.44. The van der Waals surface area contributed by atoms with Crippen LogP contribution in [-0.4, -0.2) is 11.7 Å². The van der Waals surface area contributed by atoms with Crippen LogP contribution < -0.4 is 0 Å². The smallest absolute Gasteiger partial charge is 0.0822 e. The molecule has 2 heterocycles. The Balaban J connectivity index is 1.37. The van der Waals surface area contributed by atoms with Crippen LogP contribution in [0.15, 0.2) is 162 Å². The molecular weight excluding hydrogens is 543 g/mol. The molecule has 204 valence electrons. The van der Waals surface area contributed by atoms with Crippen molar-refractivity contribution in [2.75, 3.05) is 0 Å². The van der Waals surface area contributed by atoms with Gasteiger partial charge in [-0.15, -0.1) is 11.3 Å². The summed E-state index contributed by atoms with van der Waals surface area (Å²) in [6.07, 6.45) is -0.373. The normalized spacial score (nSPS) is 14.7. The number of benzene rings is 6. The Morgan fingerprint density at radius 1 is 0.512 bits per heavy atom. The molecule has 0 saturated heterocycles. The summed E-state index contributed by atoms with van der Waals surface area (Å²) in [6, 6.07) is 53.0. The molecule has 0 bridgehead atoms. The molecule has 7 aromatic rings. The van der Waals surface area contributed by atoms with Crippen molar-refractivity contribution in [1.29, 1.82) is 0 Å². The summed E-state index contributed by atoms with van der Waals surface area (Å²) in [5.74, 6) is 1.39. The molecule has 1 unspecified atom stereocenters. The first-order valence-corrected chi connectivity index (χ1v) is 15.2. The zero-order chi connectivity index (χ0) is 28.6. The molecule has 0 radical (unpaired) electrons. The lowest BCUT2D eigenvalue weighted by Crippen LogP contribution is -2.16. The van der Waals surface area contributed by atoms with E-state index in [1.165, 1.54) is 42.4 Å². The molecule has 0 amide bonds. The van der Waals surface area contributed by atoms with E-state index in [1.54, 1.807) is 0 Å². The Labute approximate surface area is 254 Å². The van der Waals surface area contributed by atoms with Gasteiger partial charge in [-0.05, 0) is 57.1 Å². The summed E-state index contributed by atoms with van der Waals surface area (Å²) in [5.41, 5.74) is 7.78. The molecule has 0 N–H and O–H groups in total. The van der Waals surface area contributed by atoms with Crippen molar-refractivity contribution in [3.8, 4) is 22.3 Å². The second-order valence-corrected chi connectivity index (χ2v) is 11.7. The van der Waals surface area contributed by atoms with Crippen molar-refractivity contribution >= 4 is 43.2 Å². The average molecular weight is 569 g/mol. The molecule has 0 aliphatic carbocycles. The Morgan fingerprint density at radius 2 is 1.14 bits per heavy atom. The number of nitrogens with zero attached hydrogens (tertiary/aromatic N) is 3. The Hall–Kier alpha value is -5.32. The van der Waals surface area contributed by atoms with Crippen LogP contribution >= 0.6 is 11.3 Å². The molecule has 43 heavy (non-hydrogen) atoms. The lowest BCUT2D eigenvalue weighted by molar-refractivity contribution is 0.878. The lowest BCUT2D eigenvalue weighted by atomic mass is 9.90. The minimum Gasteiger partial charge on any atom is -0.438 e. The fraction of sp³-hybridized carbons (Fsp3) is 0.0256. The number of aliphatic imine (C=N–C) groups is 2. The summed E-state index contributed by atoms with van der Waals surface area (Å²) in [5, 5.41) is 7.67. The maximum Gasteiger partial charge on any atom is 0.0822 e. The van der Waals surface area contributed by atoms with Crippen LogP contribution in [0.4, 0.5) is 0 Å². The lowest BCUT2D eigenvalue weighted by Gasteiger charge is -2.32. The largest absolute Gasteiger partial charge is 0.438 e. The minimum atomic E-state index is -0.373. The molecule has 0 saturated carbocycles. The van der Waals surface area contributed by atoms with Crippen molar-refractivity contribution in [3.63, 3.8) is 0 Å². The van der Waals surface area contributed by atoms with Crippen LogP contribution in [0.2, 0.25) is 0 Å². The number of thiophene rings is 1. The van der Waals surface area contributed by atoms with Gasteiger partial charge < -0.3 is 10.3 Å². The molecule has 1 aliphatic rings. The topological polar surface area (TPSA) is 38.8 Å². The molecule has 1 atom stereocenters. The van der Waals surface area contributed by atoms with Crippen LogP contribution in [0.1, 0.15) is 22.9 Å². The van der Waals surface area contributed by atoms with Crippen LogP contribution in [0, 0.1) is 0 Å². The SMILES string of the molecule is c1ccc(C2=NC(c3ccccc3)[N-]C(c3cc(-c4ccccc4-c4ccccc4)c4c(c3)sc3ccccc34)=N2)cc1. The quantitative estimate of drug-likeness (QED) is 0.198. The highest BCUT2D eigenvalue weighted by molar-refractivity contribution is 7.26. The molecule has 6 aromatic carbocycles. The fourth-order valence-corrected chi connectivity index (χ4v) is 7.01. The van der Waals surface area contributed by atoms with E-state index in [9.17, 15) is 0 Å². The number of fused-ring (bicyclic) bond motifs is 3. The van der Waals surface area contributed by atoms with E-state index in [0.717, 1.165) is 16.7 Å². The molecular formula is C39H26N3S-. The molecule has 1 aliphatic heterocycles. The zero-order valence-electron chi connectivity index (χ0n) is 23.3. The predicted octanol–water partition coefficient (Wildman–Crippen LogP) is 10.7. The number of amidine groups is 2. The highest BCUT2D eigenvalue weighted by Gasteiger charge is 2.19. The Bertz CT molecular complexity index is 2150. The molecule has 3 nitrogen and oxygen atoms in total. The summed E-state index contributed by atoms with van der Waals surface area (Å²) in [6.45, 7) is 0. The third-order valence-electron chi connectivity index (χ3n) is 7.87. The Kier molecular flexibility index (Phi) is 6.39. The first kappa shape index (κ1) is 25.4. The third-order valence-corrected chi connectivity index (χ3v) is 8.99. The fourth-order valence-electron chi connectivity index (χ4n) is 5.84. The maximum atomic E-state index is 5.14. The standard InChI is InChI=1S/C39H26N3S/c1-4-14-26(15-5-1)30-20-10-11-21-31(30)33-24-29(25-35-36(33)32-22-12-13-23-34(32)43-35)39-41-37(27-16-6-2-7-17-27)40-38(42-39)28-18-8-3-9-19-28/h1-25,37H/q-1. The number of hydrogen-bond acceptors (Lipinski definition) is 3. The van der Waals surface area contributed by atoms with Crippen LogP contribution in [0.25, 0.3) is 47.7 Å². The van der Waals surface area contributed by atoms with Crippen molar-refractivity contribution in [1.82, 2.24) is 0 Å². The number of rotatable bonds is 5. The van der Waals surface area contributed by atoms with E-state index in [0.29, 0.717) is 11.7 Å². The van der Waals surface area contributed by atoms with Gasteiger partial charge in [-0.2, -0.15) is 0 Å². The second kappa shape index (κ2) is 10.8. The van der Waals surface area contributed by atoms with Crippen LogP contribution in [0.3, 0.4) is 0 Å². The molecule has 4 heteroatoms. The van der Waals surface area contributed by atoms with Gasteiger partial charge in [0.2, 0.25) is 0 Å². The summed E-state index contributed by atoms with van der Waals surface area (Å²) >= 11 is 1.82. The van der Waals surface area contributed by atoms with Gasteiger partial charge in [-0.1, -0.05) is 139 Å². The average Bonchev–Trinajstić information content (AvgIpc) is 3.47. The maximum absolute atomic E-state index is 5.14. The minimum absolute atomic E-state index is 0.373. The molecule has 0 spiro atoms. The third kappa shape index (κ3) is 4.72. The van der Waals surface area contributed by atoms with E-state index < -0.39 is 0 Å². The molecule has 1 aromatic heterocycles. The van der Waals surface area contributed by atoms with Gasteiger partial charge in [0.15, 0.2) is 0 Å². The zero-order valence-corrected chi connectivity index (χ0v) is 24.1. The van der Waals surface area contributed by atoms with Gasteiger partial charge in [0.1, 0.15) is 0 Å². The van der Waals surface area contributed by atoms with Gasteiger partial charge in [0.05, 0.1) is 12.0 Å². The second-order valence-electron chi connectivity index (χ2n) is 10.6. The molecule has 0 fully saturated rings. The van der Waals surface area contributed by atoms with E-state index in [-0.39, 0.29) is 6.17 Å². The highest BCUT2D eigenvalue weighted by atomic mass is 32.1. The van der Waals surface area contributed by atoms with Crippen molar-refractivity contribution in [3.05, 3.63) is 174 Å². The van der Waals surface area contributed by atoms with Gasteiger partial charge >= 0.3 is 0 Å². The summed E-state index contributed by atoms with van der Waals surface area (Å²) < 4.78 is 2.49. The van der Waals surface area contributed by atoms with Crippen LogP contribution in [0.5, 0.6) is 0 Å². The first-order valence-electron chi connectivity index (χ1n) is 14.4. The van der Waals surface area contributed by atoms with E-state index in [2.05, 4.69) is 115 Å². The van der Waals surface area contributed by atoms with E-state index in [4.69, 9.17) is 15.3 Å². The van der Waals surface area contributed by atoms with Crippen molar-refractivity contribution in [2.45, 2.75) is 6.17 Å². The van der Waals surface area contributed by atoms with Gasteiger partial charge in [0.25, 0.3) is 0 Å². The predicted molar refractivity (Wildman–Crippen MR) is 182 cm³/mol. The first-order chi connectivity index (χ1) is 21.3. The molecule has 8 rings (SSSR count). The van der Waals surface area contributed by atoms with E-state index in [1.807, 2.05) is 47.7 Å². The van der Waals surface area contributed by atoms with Gasteiger partial charge in [0, 0.05) is 20.2 Å². The van der Waals surface area contributed by atoms with Gasteiger partial charge in [-0.3, -0.25) is 4.99 Å². The van der Waals surface area contributed by atoms with Crippen molar-refractivity contribution < 1.29 is 0 Å². The van der Waals surface area contributed by atoms with Crippen molar-refractivity contribution in [2.24, 2.45) is 9.98 Å². The number of hydrogen-bond donors (Lipinski definition) is 0. The van der Waals surface area contributed by atoms with E-state index >= 15 is 0 Å². The summed E-state index contributed by atoms with van der Waals surface area (Å²) in [4.78, 5) is 10.1. The van der Waals surface area contributed by atoms with Gasteiger partial charge in [-0.25, -0.2) is 0 Å². The van der Waals surface area contributed by atoms with Crippen LogP contribution in [-0.2, 0) is 0 Å². The monoisotopic (exact) mass is 568 g/mol. The summed E-state index contributed by atoms with van der Waals surface area (Å²) in [7, 11) is 0. The Morgan fingerprint density at radius 3 is 1.91 bits per heavy atom.